The Morgan fingerprint density at radius 2 is 0.520 bits per heavy atom. The maximum Gasteiger partial charge on any atom is 0.472 e. The van der Waals surface area contributed by atoms with Crippen LogP contribution in [0.2, 0.25) is 0 Å². The van der Waals surface area contributed by atoms with Crippen LogP contribution in [0.5, 0.6) is 0 Å². The summed E-state index contributed by atoms with van der Waals surface area (Å²) in [6, 6.07) is 0. The summed E-state index contributed by atoms with van der Waals surface area (Å²) in [7, 11) is -9.92. The van der Waals surface area contributed by atoms with Gasteiger partial charge in [0.05, 0.1) is 26.4 Å². The smallest absolute Gasteiger partial charge is 0.462 e. The molecule has 0 saturated carbocycles. The second-order valence-corrected chi connectivity index (χ2v) is 32.6. The van der Waals surface area contributed by atoms with Crippen LogP contribution in [-0.2, 0) is 65.4 Å². The molecule has 0 aromatic rings. The van der Waals surface area contributed by atoms with Crippen molar-refractivity contribution in [3.05, 3.63) is 0 Å². The average Bonchev–Trinajstić information content (AvgIpc) is 1.03. The van der Waals surface area contributed by atoms with Gasteiger partial charge in [-0.15, -0.1) is 0 Å². The van der Waals surface area contributed by atoms with Crippen molar-refractivity contribution in [2.24, 2.45) is 17.8 Å². The lowest BCUT2D eigenvalue weighted by molar-refractivity contribution is -0.161. The zero-order valence-corrected chi connectivity index (χ0v) is 66.0. The standard InChI is InChI=1S/C79H154O17P2/c1-8-10-11-12-13-14-15-16-17-18-19-20-25-28-31-41-48-55-62-78(83)95-74(66-89-76(81)60-53-46-39-30-27-24-22-21-23-26-29-36-43-50-57-70(3)4)68-93-97(85,86)91-64-73(80)65-92-98(87,88)94-69-75(67-90-77(82)61-54-47-40-34-32-37-44-51-58-71(5)6)96-79(84)63-56-49-42-35-33-38-45-52-59-72(7)9-2/h70-75,80H,8-69H2,1-7H3,(H,85,86)(H,87,88)/t72?,73-,74-,75-/m1/s1. The summed E-state index contributed by atoms with van der Waals surface area (Å²) in [6.07, 6.45) is 56.9. The summed E-state index contributed by atoms with van der Waals surface area (Å²) in [5.41, 5.74) is 0. The molecule has 0 radical (unpaired) electrons. The Balaban J connectivity index is 5.25. The first-order valence-corrected chi connectivity index (χ1v) is 43.9. The van der Waals surface area contributed by atoms with Crippen LogP contribution in [0, 0.1) is 17.8 Å². The Morgan fingerprint density at radius 1 is 0.296 bits per heavy atom. The number of phosphoric acid groups is 2. The van der Waals surface area contributed by atoms with Crippen molar-refractivity contribution < 1.29 is 80.2 Å². The molecule has 0 aromatic heterocycles. The first-order chi connectivity index (χ1) is 47.3. The molecule has 0 amide bonds. The third-order valence-electron chi connectivity index (χ3n) is 18.7. The lowest BCUT2D eigenvalue weighted by Gasteiger charge is -2.21. The third-order valence-corrected chi connectivity index (χ3v) is 20.6. The van der Waals surface area contributed by atoms with E-state index >= 15 is 0 Å². The van der Waals surface area contributed by atoms with E-state index in [4.69, 9.17) is 37.0 Å². The van der Waals surface area contributed by atoms with Crippen LogP contribution in [0.25, 0.3) is 0 Å². The molecule has 17 nitrogen and oxygen atoms in total. The van der Waals surface area contributed by atoms with Crippen molar-refractivity contribution in [3.63, 3.8) is 0 Å². The highest BCUT2D eigenvalue weighted by Gasteiger charge is 2.30. The highest BCUT2D eigenvalue weighted by atomic mass is 31.2. The van der Waals surface area contributed by atoms with Gasteiger partial charge in [0.1, 0.15) is 19.3 Å². The van der Waals surface area contributed by atoms with Crippen molar-refractivity contribution >= 4 is 39.5 Å². The van der Waals surface area contributed by atoms with Crippen LogP contribution in [0.15, 0.2) is 0 Å². The Hall–Kier alpha value is -1.94. The second kappa shape index (κ2) is 69.4. The van der Waals surface area contributed by atoms with Crippen LogP contribution >= 0.6 is 15.6 Å². The summed E-state index contributed by atoms with van der Waals surface area (Å²) in [5, 5.41) is 10.6. The number of hydrogen-bond acceptors (Lipinski definition) is 15. The third kappa shape index (κ3) is 71.1. The van der Waals surface area contributed by atoms with E-state index in [-0.39, 0.29) is 25.7 Å². The largest absolute Gasteiger partial charge is 0.472 e. The van der Waals surface area contributed by atoms with E-state index in [0.717, 1.165) is 108 Å². The molecule has 0 aromatic carbocycles. The fraction of sp³-hybridized carbons (Fsp3) is 0.949. The first kappa shape index (κ1) is 96.1. The summed E-state index contributed by atoms with van der Waals surface area (Å²) >= 11 is 0. The molecule has 582 valence electrons. The van der Waals surface area contributed by atoms with Crippen molar-refractivity contribution in [2.75, 3.05) is 39.6 Å². The number of carbonyl (C=O) groups is 4. The van der Waals surface area contributed by atoms with E-state index in [1.807, 2.05) is 0 Å². The number of aliphatic hydroxyl groups is 1. The van der Waals surface area contributed by atoms with Gasteiger partial charge < -0.3 is 33.8 Å². The molecule has 3 unspecified atom stereocenters. The van der Waals surface area contributed by atoms with E-state index in [1.165, 1.54) is 218 Å². The van der Waals surface area contributed by atoms with Gasteiger partial charge in [-0.1, -0.05) is 357 Å². The van der Waals surface area contributed by atoms with Gasteiger partial charge in [-0.25, -0.2) is 9.13 Å². The number of unbranched alkanes of at least 4 members (excludes halogenated alkanes) is 44. The minimum Gasteiger partial charge on any atom is -0.462 e. The van der Waals surface area contributed by atoms with Crippen LogP contribution in [0.3, 0.4) is 0 Å². The number of ether oxygens (including phenoxy) is 4. The lowest BCUT2D eigenvalue weighted by Crippen LogP contribution is -2.30. The van der Waals surface area contributed by atoms with Crippen molar-refractivity contribution in [2.45, 2.75) is 426 Å². The van der Waals surface area contributed by atoms with E-state index in [1.54, 1.807) is 0 Å². The maximum atomic E-state index is 13.1. The fourth-order valence-electron chi connectivity index (χ4n) is 12.1. The van der Waals surface area contributed by atoms with Crippen LogP contribution < -0.4 is 0 Å². The van der Waals surface area contributed by atoms with Crippen LogP contribution in [-0.4, -0.2) is 96.7 Å². The lowest BCUT2D eigenvalue weighted by atomic mass is 9.99. The van der Waals surface area contributed by atoms with Gasteiger partial charge in [0.25, 0.3) is 0 Å². The zero-order valence-electron chi connectivity index (χ0n) is 64.3. The number of carbonyl (C=O) groups excluding carboxylic acids is 4. The van der Waals surface area contributed by atoms with Crippen LogP contribution in [0.1, 0.15) is 408 Å². The number of aliphatic hydroxyl groups excluding tert-OH is 1. The summed E-state index contributed by atoms with van der Waals surface area (Å²) < 4.78 is 68.6. The second-order valence-electron chi connectivity index (χ2n) is 29.6. The van der Waals surface area contributed by atoms with Gasteiger partial charge in [-0.3, -0.25) is 37.3 Å². The summed E-state index contributed by atoms with van der Waals surface area (Å²) in [6.45, 7) is 11.9. The normalized spacial score (nSPS) is 14.3. The highest BCUT2D eigenvalue weighted by Crippen LogP contribution is 2.45. The summed E-state index contributed by atoms with van der Waals surface area (Å²) in [4.78, 5) is 72.9. The monoisotopic (exact) mass is 1440 g/mol. The van der Waals surface area contributed by atoms with Gasteiger partial charge in [-0.05, 0) is 43.4 Å². The molecule has 3 N–H and O–H groups in total. The van der Waals surface area contributed by atoms with E-state index in [0.29, 0.717) is 25.7 Å². The molecule has 0 bridgehead atoms. The molecular weight excluding hydrogens is 1280 g/mol. The molecule has 0 saturated heterocycles. The SMILES string of the molecule is CCCCCCCCCCCCCCCCCCCCC(=O)O[C@H](COC(=O)CCCCCCCCCCCCCCCCC(C)C)COP(=O)(O)OC[C@@H](O)COP(=O)(O)OC[C@@H](COC(=O)CCCCCCCCCCC(C)C)OC(=O)CCCCCCCCCCC(C)CC. The maximum absolute atomic E-state index is 13.1. The first-order valence-electron chi connectivity index (χ1n) is 40.9. The van der Waals surface area contributed by atoms with Gasteiger partial charge >= 0.3 is 39.5 Å². The highest BCUT2D eigenvalue weighted by molar-refractivity contribution is 7.47. The molecule has 0 aliphatic heterocycles. The Morgan fingerprint density at radius 3 is 0.776 bits per heavy atom. The zero-order chi connectivity index (χ0) is 72.3. The number of esters is 4. The molecule has 98 heavy (non-hydrogen) atoms. The quantitative estimate of drug-likeness (QED) is 0.0222. The van der Waals surface area contributed by atoms with E-state index in [9.17, 15) is 43.2 Å². The number of hydrogen-bond donors (Lipinski definition) is 3. The van der Waals surface area contributed by atoms with Crippen molar-refractivity contribution in [1.29, 1.82) is 0 Å². The molecule has 0 fully saturated rings. The van der Waals surface area contributed by atoms with Crippen molar-refractivity contribution in [3.8, 4) is 0 Å². The summed E-state index contributed by atoms with van der Waals surface area (Å²) in [5.74, 6) is 0.180. The molecule has 6 atom stereocenters. The minimum absolute atomic E-state index is 0.104. The van der Waals surface area contributed by atoms with Gasteiger partial charge in [0.15, 0.2) is 12.2 Å². The molecule has 0 rings (SSSR count). The predicted molar refractivity (Wildman–Crippen MR) is 400 cm³/mol. The molecule has 0 aliphatic rings. The fourth-order valence-corrected chi connectivity index (χ4v) is 13.7. The van der Waals surface area contributed by atoms with Crippen LogP contribution in [0.4, 0.5) is 0 Å². The Bertz CT molecular complexity index is 1910. The number of phosphoric ester groups is 2. The Labute approximate surface area is 600 Å². The molecule has 0 aliphatic carbocycles. The van der Waals surface area contributed by atoms with Crippen molar-refractivity contribution in [1.82, 2.24) is 0 Å². The molecular formula is C79H154O17P2. The molecule has 19 heteroatoms. The molecule has 0 spiro atoms. The molecule has 0 heterocycles. The minimum atomic E-state index is -4.96. The van der Waals surface area contributed by atoms with Gasteiger partial charge in [0, 0.05) is 25.7 Å². The van der Waals surface area contributed by atoms with E-state index < -0.39 is 97.5 Å². The number of rotatable bonds is 77. The van der Waals surface area contributed by atoms with Gasteiger partial charge in [0.2, 0.25) is 0 Å². The van der Waals surface area contributed by atoms with Gasteiger partial charge in [-0.2, -0.15) is 0 Å². The average molecular weight is 1440 g/mol. The Kier molecular flexibility index (Phi) is 68.1. The predicted octanol–water partition coefficient (Wildman–Crippen LogP) is 23.4. The topological polar surface area (TPSA) is 237 Å². The van der Waals surface area contributed by atoms with E-state index in [2.05, 4.69) is 48.5 Å².